The predicted molar refractivity (Wildman–Crippen MR) is 98.0 cm³/mol. The summed E-state index contributed by atoms with van der Waals surface area (Å²) in [5, 5.41) is 10.6. The molecule has 2 heterocycles. The van der Waals surface area contributed by atoms with Gasteiger partial charge in [-0.25, -0.2) is 4.39 Å². The Kier molecular flexibility index (Phi) is 4.72. The second-order valence-corrected chi connectivity index (χ2v) is 6.56. The molecule has 1 amide bonds. The van der Waals surface area contributed by atoms with Gasteiger partial charge in [-0.3, -0.25) is 9.69 Å². The largest absolute Gasteiger partial charge is 0.494 e. The Balaban J connectivity index is 1.36. The van der Waals surface area contributed by atoms with Crippen LogP contribution in [0.5, 0.6) is 5.75 Å². The van der Waals surface area contributed by atoms with Gasteiger partial charge in [-0.05, 0) is 35.9 Å². The third kappa shape index (κ3) is 3.61. The standard InChI is InChI=1S/C19H20FN5O2/c1-27-18-5-2-13(10-15(18)20)12-24-6-8-25(9-7-24)19(26)14-3-4-16-17(11-14)22-23-21-16/h2-5,10-11H,6-9,12H2,1H3,(H,21,22,23). The van der Waals surface area contributed by atoms with Crippen LogP contribution < -0.4 is 4.74 Å². The highest BCUT2D eigenvalue weighted by Gasteiger charge is 2.22. The summed E-state index contributed by atoms with van der Waals surface area (Å²) in [6, 6.07) is 10.3. The molecule has 140 valence electrons. The number of methoxy groups -OCH3 is 1. The molecule has 7 nitrogen and oxygen atoms in total. The van der Waals surface area contributed by atoms with Crippen molar-refractivity contribution < 1.29 is 13.9 Å². The van der Waals surface area contributed by atoms with Crippen LogP contribution in [0.2, 0.25) is 0 Å². The van der Waals surface area contributed by atoms with Crippen LogP contribution in [0.15, 0.2) is 36.4 Å². The average molecular weight is 369 g/mol. The Labute approximate surface area is 155 Å². The Morgan fingerprint density at radius 1 is 1.11 bits per heavy atom. The summed E-state index contributed by atoms with van der Waals surface area (Å²) >= 11 is 0. The molecule has 0 atom stereocenters. The smallest absolute Gasteiger partial charge is 0.254 e. The van der Waals surface area contributed by atoms with E-state index in [1.54, 1.807) is 24.3 Å². The van der Waals surface area contributed by atoms with Crippen LogP contribution in [0.1, 0.15) is 15.9 Å². The van der Waals surface area contributed by atoms with Crippen molar-refractivity contribution in [2.45, 2.75) is 6.54 Å². The predicted octanol–water partition coefficient (Wildman–Crippen LogP) is 2.06. The fourth-order valence-corrected chi connectivity index (χ4v) is 3.33. The molecule has 0 unspecified atom stereocenters. The van der Waals surface area contributed by atoms with Crippen LogP contribution in [0.4, 0.5) is 4.39 Å². The number of rotatable bonds is 4. The van der Waals surface area contributed by atoms with E-state index >= 15 is 0 Å². The van der Waals surface area contributed by atoms with E-state index in [-0.39, 0.29) is 17.5 Å². The summed E-state index contributed by atoms with van der Waals surface area (Å²) in [5.74, 6) is -0.111. The maximum absolute atomic E-state index is 13.8. The number of benzene rings is 2. The molecule has 8 heteroatoms. The summed E-state index contributed by atoms with van der Waals surface area (Å²) in [4.78, 5) is 16.8. The molecule has 1 aliphatic heterocycles. The quantitative estimate of drug-likeness (QED) is 0.762. The molecule has 27 heavy (non-hydrogen) atoms. The Bertz CT molecular complexity index is 966. The number of hydrogen-bond donors (Lipinski definition) is 1. The minimum atomic E-state index is -0.355. The number of aromatic amines is 1. The van der Waals surface area contributed by atoms with Crippen LogP contribution in [-0.2, 0) is 6.54 Å². The second kappa shape index (κ2) is 7.32. The second-order valence-electron chi connectivity index (χ2n) is 6.56. The average Bonchev–Trinajstić information content (AvgIpc) is 3.16. The number of H-pyrrole nitrogens is 1. The van der Waals surface area contributed by atoms with Crippen LogP contribution in [0.3, 0.4) is 0 Å². The number of halogens is 1. The summed E-state index contributed by atoms with van der Waals surface area (Å²) in [7, 11) is 1.45. The van der Waals surface area contributed by atoms with Crippen LogP contribution in [0.25, 0.3) is 11.0 Å². The topological polar surface area (TPSA) is 74.3 Å². The number of aromatic nitrogens is 3. The molecule has 1 saturated heterocycles. The zero-order chi connectivity index (χ0) is 18.8. The minimum absolute atomic E-state index is 0.00459. The van der Waals surface area contributed by atoms with E-state index in [0.29, 0.717) is 30.7 Å². The van der Waals surface area contributed by atoms with Gasteiger partial charge < -0.3 is 9.64 Å². The highest BCUT2D eigenvalue weighted by molar-refractivity contribution is 5.97. The van der Waals surface area contributed by atoms with Gasteiger partial charge in [0.1, 0.15) is 11.0 Å². The monoisotopic (exact) mass is 369 g/mol. The number of nitrogens with one attached hydrogen (secondary N) is 1. The maximum Gasteiger partial charge on any atom is 0.254 e. The summed E-state index contributed by atoms with van der Waals surface area (Å²) < 4.78 is 18.8. The van der Waals surface area contributed by atoms with Gasteiger partial charge in [0.05, 0.1) is 7.11 Å². The van der Waals surface area contributed by atoms with E-state index < -0.39 is 0 Å². The molecule has 1 aromatic heterocycles. The van der Waals surface area contributed by atoms with Gasteiger partial charge in [0.25, 0.3) is 5.91 Å². The zero-order valence-corrected chi connectivity index (χ0v) is 15.0. The normalized spacial score (nSPS) is 15.3. The van der Waals surface area contributed by atoms with Crippen molar-refractivity contribution in [3.05, 3.63) is 53.3 Å². The van der Waals surface area contributed by atoms with Crippen molar-refractivity contribution in [3.8, 4) is 5.75 Å². The zero-order valence-electron chi connectivity index (χ0n) is 15.0. The number of piperazine rings is 1. The molecule has 1 N–H and O–H groups in total. The van der Waals surface area contributed by atoms with Gasteiger partial charge in [0.2, 0.25) is 0 Å². The lowest BCUT2D eigenvalue weighted by Crippen LogP contribution is -2.48. The first-order chi connectivity index (χ1) is 13.1. The summed E-state index contributed by atoms with van der Waals surface area (Å²) in [6.45, 7) is 3.40. The van der Waals surface area contributed by atoms with Crippen molar-refractivity contribution in [1.29, 1.82) is 0 Å². The summed E-state index contributed by atoms with van der Waals surface area (Å²) in [5.41, 5.74) is 2.93. The molecule has 4 rings (SSSR count). The molecule has 1 aliphatic rings. The Morgan fingerprint density at radius 3 is 2.63 bits per heavy atom. The van der Waals surface area contributed by atoms with E-state index in [1.807, 2.05) is 11.0 Å². The number of carbonyl (C=O) groups is 1. The first-order valence-corrected chi connectivity index (χ1v) is 8.78. The Hall–Kier alpha value is -3.00. The molecule has 2 aromatic carbocycles. The lowest BCUT2D eigenvalue weighted by molar-refractivity contribution is 0.0628. The lowest BCUT2D eigenvalue weighted by atomic mass is 10.1. The molecule has 0 saturated carbocycles. The Morgan fingerprint density at radius 2 is 1.89 bits per heavy atom. The number of fused-ring (bicyclic) bond motifs is 1. The van der Waals surface area contributed by atoms with E-state index in [9.17, 15) is 9.18 Å². The third-order valence-electron chi connectivity index (χ3n) is 4.85. The number of carbonyl (C=O) groups excluding carboxylic acids is 1. The lowest BCUT2D eigenvalue weighted by Gasteiger charge is -2.34. The molecule has 1 fully saturated rings. The van der Waals surface area contributed by atoms with Crippen molar-refractivity contribution in [2.75, 3.05) is 33.3 Å². The molecule has 0 bridgehead atoms. The number of nitrogens with zero attached hydrogens (tertiary/aromatic N) is 4. The van der Waals surface area contributed by atoms with Crippen molar-refractivity contribution in [1.82, 2.24) is 25.2 Å². The molecule has 3 aromatic rings. The number of ether oxygens (including phenoxy) is 1. The van der Waals surface area contributed by atoms with E-state index in [2.05, 4.69) is 20.3 Å². The van der Waals surface area contributed by atoms with Crippen LogP contribution >= 0.6 is 0 Å². The fourth-order valence-electron chi connectivity index (χ4n) is 3.33. The molecular formula is C19H20FN5O2. The van der Waals surface area contributed by atoms with Crippen molar-refractivity contribution in [2.24, 2.45) is 0 Å². The van der Waals surface area contributed by atoms with Gasteiger partial charge in [0, 0.05) is 38.3 Å². The fraction of sp³-hybridized carbons (Fsp3) is 0.316. The third-order valence-corrected chi connectivity index (χ3v) is 4.85. The first kappa shape index (κ1) is 17.4. The maximum atomic E-state index is 13.8. The summed E-state index contributed by atoms with van der Waals surface area (Å²) in [6.07, 6.45) is 0. The van der Waals surface area contributed by atoms with Crippen LogP contribution in [0, 0.1) is 5.82 Å². The SMILES string of the molecule is COc1ccc(CN2CCN(C(=O)c3ccc4n[nH]nc4c3)CC2)cc1F. The molecule has 0 aliphatic carbocycles. The minimum Gasteiger partial charge on any atom is -0.494 e. The highest BCUT2D eigenvalue weighted by Crippen LogP contribution is 2.20. The van der Waals surface area contributed by atoms with Gasteiger partial charge >= 0.3 is 0 Å². The molecular weight excluding hydrogens is 349 g/mol. The molecule has 0 radical (unpaired) electrons. The van der Waals surface area contributed by atoms with Crippen molar-refractivity contribution >= 4 is 16.9 Å². The van der Waals surface area contributed by atoms with Gasteiger partial charge in [-0.2, -0.15) is 15.4 Å². The van der Waals surface area contributed by atoms with E-state index in [0.717, 1.165) is 24.2 Å². The van der Waals surface area contributed by atoms with E-state index in [4.69, 9.17) is 4.74 Å². The van der Waals surface area contributed by atoms with Crippen molar-refractivity contribution in [3.63, 3.8) is 0 Å². The highest BCUT2D eigenvalue weighted by atomic mass is 19.1. The van der Waals surface area contributed by atoms with E-state index in [1.165, 1.54) is 13.2 Å². The van der Waals surface area contributed by atoms with Gasteiger partial charge in [-0.1, -0.05) is 6.07 Å². The number of hydrogen-bond acceptors (Lipinski definition) is 5. The molecule has 0 spiro atoms. The first-order valence-electron chi connectivity index (χ1n) is 8.78. The van der Waals surface area contributed by atoms with Crippen LogP contribution in [-0.4, -0.2) is 64.4 Å². The van der Waals surface area contributed by atoms with Gasteiger partial charge in [0.15, 0.2) is 11.6 Å². The van der Waals surface area contributed by atoms with Gasteiger partial charge in [-0.15, -0.1) is 0 Å². The number of amides is 1.